The van der Waals surface area contributed by atoms with E-state index in [4.69, 9.17) is 5.11 Å². The van der Waals surface area contributed by atoms with Gasteiger partial charge in [-0.25, -0.2) is 9.18 Å². The molecule has 1 aliphatic heterocycles. The van der Waals surface area contributed by atoms with Gasteiger partial charge in [-0.15, -0.1) is 0 Å². The third-order valence-corrected chi connectivity index (χ3v) is 5.96. The molecule has 1 saturated carbocycles. The molecule has 0 spiro atoms. The van der Waals surface area contributed by atoms with E-state index in [1.165, 1.54) is 70.1 Å². The van der Waals surface area contributed by atoms with E-state index in [2.05, 4.69) is 9.88 Å². The van der Waals surface area contributed by atoms with Crippen molar-refractivity contribution in [2.45, 2.75) is 70.3 Å². The fourth-order valence-corrected chi connectivity index (χ4v) is 4.50. The standard InChI is InChI=1S/C20H29FN2O2/c21-19-17(20(24)25)10-12-22-18(19)11-14-23-13-4-7-16(23)9-8-15-5-2-1-3-6-15/h10,12,15-16H,1-9,11,13-14H2,(H,24,25). The average molecular weight is 348 g/mol. The average Bonchev–Trinajstić information content (AvgIpc) is 3.07. The molecule has 1 N–H and O–H groups in total. The molecule has 1 aromatic heterocycles. The Morgan fingerprint density at radius 2 is 2.00 bits per heavy atom. The molecular formula is C20H29FN2O2. The number of hydrogen-bond donors (Lipinski definition) is 1. The van der Waals surface area contributed by atoms with Crippen molar-refractivity contribution in [3.63, 3.8) is 0 Å². The van der Waals surface area contributed by atoms with Gasteiger partial charge in [0.15, 0.2) is 5.82 Å². The summed E-state index contributed by atoms with van der Waals surface area (Å²) in [4.78, 5) is 17.6. The van der Waals surface area contributed by atoms with E-state index in [0.29, 0.717) is 12.5 Å². The minimum Gasteiger partial charge on any atom is -0.478 e. The lowest BCUT2D eigenvalue weighted by Gasteiger charge is -2.27. The lowest BCUT2D eigenvalue weighted by atomic mass is 9.85. The number of likely N-dealkylation sites (tertiary alicyclic amines) is 1. The molecule has 1 unspecified atom stereocenters. The lowest BCUT2D eigenvalue weighted by Crippen LogP contribution is -2.32. The molecule has 1 atom stereocenters. The molecule has 0 radical (unpaired) electrons. The van der Waals surface area contributed by atoms with Crippen LogP contribution in [0.1, 0.15) is 73.8 Å². The number of hydrogen-bond acceptors (Lipinski definition) is 3. The normalized spacial score (nSPS) is 22.4. The van der Waals surface area contributed by atoms with E-state index in [1.54, 1.807) is 0 Å². The first-order chi connectivity index (χ1) is 12.1. The summed E-state index contributed by atoms with van der Waals surface area (Å²) in [6, 6.07) is 1.83. The predicted octanol–water partition coefficient (Wildman–Crippen LogP) is 4.29. The monoisotopic (exact) mass is 348 g/mol. The van der Waals surface area contributed by atoms with Gasteiger partial charge in [-0.3, -0.25) is 9.88 Å². The number of aromatic nitrogens is 1. The number of carboxylic acid groups (broad SMARTS) is 1. The first-order valence-electron chi connectivity index (χ1n) is 9.76. The summed E-state index contributed by atoms with van der Waals surface area (Å²) in [5.74, 6) is -0.997. The molecule has 1 aromatic rings. The van der Waals surface area contributed by atoms with Gasteiger partial charge in [-0.05, 0) is 44.2 Å². The molecule has 5 heteroatoms. The molecule has 1 saturated heterocycles. The number of aromatic carboxylic acids is 1. The van der Waals surface area contributed by atoms with E-state index in [-0.39, 0.29) is 11.3 Å². The molecule has 2 fully saturated rings. The second-order valence-electron chi connectivity index (χ2n) is 7.59. The number of halogens is 1. The van der Waals surface area contributed by atoms with Crippen LogP contribution in [0.15, 0.2) is 12.3 Å². The number of rotatable bonds is 7. The van der Waals surface area contributed by atoms with E-state index < -0.39 is 11.8 Å². The Kier molecular flexibility index (Phi) is 6.40. The second kappa shape index (κ2) is 8.75. The Balaban J connectivity index is 1.51. The van der Waals surface area contributed by atoms with Crippen LogP contribution in [-0.2, 0) is 6.42 Å². The summed E-state index contributed by atoms with van der Waals surface area (Å²) in [5, 5.41) is 9.03. The van der Waals surface area contributed by atoms with Crippen molar-refractivity contribution in [3.8, 4) is 0 Å². The quantitative estimate of drug-likeness (QED) is 0.799. The van der Waals surface area contributed by atoms with Gasteiger partial charge >= 0.3 is 5.97 Å². The largest absolute Gasteiger partial charge is 0.478 e. The summed E-state index contributed by atoms with van der Waals surface area (Å²) in [6.07, 6.45) is 13.9. The highest BCUT2D eigenvalue weighted by molar-refractivity contribution is 5.87. The Bertz CT molecular complexity index is 587. The molecule has 138 valence electrons. The Morgan fingerprint density at radius 1 is 1.20 bits per heavy atom. The van der Waals surface area contributed by atoms with Crippen molar-refractivity contribution < 1.29 is 14.3 Å². The Labute approximate surface area is 149 Å². The zero-order valence-corrected chi connectivity index (χ0v) is 14.9. The highest BCUT2D eigenvalue weighted by Crippen LogP contribution is 2.30. The van der Waals surface area contributed by atoms with Crippen molar-refractivity contribution in [1.29, 1.82) is 0 Å². The fraction of sp³-hybridized carbons (Fsp3) is 0.700. The van der Waals surface area contributed by atoms with Crippen LogP contribution >= 0.6 is 0 Å². The van der Waals surface area contributed by atoms with Crippen LogP contribution in [0.3, 0.4) is 0 Å². The maximum Gasteiger partial charge on any atom is 0.338 e. The van der Waals surface area contributed by atoms with Crippen LogP contribution in [0.5, 0.6) is 0 Å². The number of carbonyl (C=O) groups is 1. The first kappa shape index (κ1) is 18.3. The number of carboxylic acids is 1. The molecule has 25 heavy (non-hydrogen) atoms. The van der Waals surface area contributed by atoms with Crippen LogP contribution in [-0.4, -0.2) is 40.1 Å². The molecule has 1 aliphatic carbocycles. The topological polar surface area (TPSA) is 53.4 Å². The van der Waals surface area contributed by atoms with E-state index in [0.717, 1.165) is 19.0 Å². The van der Waals surface area contributed by atoms with Gasteiger partial charge in [0, 0.05) is 25.2 Å². The zero-order valence-electron chi connectivity index (χ0n) is 14.9. The van der Waals surface area contributed by atoms with Gasteiger partial charge in [0.1, 0.15) is 0 Å². The van der Waals surface area contributed by atoms with Crippen LogP contribution in [0, 0.1) is 11.7 Å². The van der Waals surface area contributed by atoms with Gasteiger partial charge in [0.25, 0.3) is 0 Å². The maximum atomic E-state index is 14.2. The van der Waals surface area contributed by atoms with Crippen LogP contribution in [0.4, 0.5) is 4.39 Å². The molecule has 3 rings (SSSR count). The first-order valence-corrected chi connectivity index (χ1v) is 9.76. The van der Waals surface area contributed by atoms with Gasteiger partial charge in [-0.1, -0.05) is 32.1 Å². The SMILES string of the molecule is O=C(O)c1ccnc(CCN2CCCC2CCC2CCCCC2)c1F. The van der Waals surface area contributed by atoms with Crippen molar-refractivity contribution >= 4 is 5.97 Å². The molecule has 0 bridgehead atoms. The van der Waals surface area contributed by atoms with E-state index in [9.17, 15) is 9.18 Å². The van der Waals surface area contributed by atoms with Gasteiger partial charge in [0.2, 0.25) is 0 Å². The molecule has 2 aliphatic rings. The lowest BCUT2D eigenvalue weighted by molar-refractivity contribution is 0.0691. The van der Waals surface area contributed by atoms with Crippen LogP contribution in [0.2, 0.25) is 0 Å². The minimum absolute atomic E-state index is 0.276. The molecule has 4 nitrogen and oxygen atoms in total. The van der Waals surface area contributed by atoms with Crippen molar-refractivity contribution in [1.82, 2.24) is 9.88 Å². The molecule has 2 heterocycles. The predicted molar refractivity (Wildman–Crippen MR) is 95.3 cm³/mol. The molecule has 0 amide bonds. The summed E-state index contributed by atoms with van der Waals surface area (Å²) in [5.41, 5.74) is -0.00176. The van der Waals surface area contributed by atoms with E-state index in [1.807, 2.05) is 0 Å². The fourth-order valence-electron chi connectivity index (χ4n) is 4.50. The summed E-state index contributed by atoms with van der Waals surface area (Å²) in [7, 11) is 0. The summed E-state index contributed by atoms with van der Waals surface area (Å²) in [6.45, 7) is 1.83. The minimum atomic E-state index is -1.23. The van der Waals surface area contributed by atoms with Crippen LogP contribution < -0.4 is 0 Å². The third-order valence-electron chi connectivity index (χ3n) is 5.96. The van der Waals surface area contributed by atoms with Gasteiger partial charge in [-0.2, -0.15) is 0 Å². The number of pyridine rings is 1. The Hall–Kier alpha value is -1.49. The summed E-state index contributed by atoms with van der Waals surface area (Å²) < 4.78 is 14.2. The van der Waals surface area contributed by atoms with Crippen LogP contribution in [0.25, 0.3) is 0 Å². The molecule has 0 aromatic carbocycles. The third kappa shape index (κ3) is 4.78. The van der Waals surface area contributed by atoms with Gasteiger partial charge < -0.3 is 5.11 Å². The highest BCUT2D eigenvalue weighted by Gasteiger charge is 2.26. The van der Waals surface area contributed by atoms with Gasteiger partial charge in [0.05, 0.1) is 11.3 Å². The van der Waals surface area contributed by atoms with Crippen molar-refractivity contribution in [2.24, 2.45) is 5.92 Å². The Morgan fingerprint density at radius 3 is 2.76 bits per heavy atom. The molecular weight excluding hydrogens is 319 g/mol. The van der Waals surface area contributed by atoms with Crippen molar-refractivity contribution in [3.05, 3.63) is 29.3 Å². The highest BCUT2D eigenvalue weighted by atomic mass is 19.1. The number of nitrogens with zero attached hydrogens (tertiary/aromatic N) is 2. The maximum absolute atomic E-state index is 14.2. The zero-order chi connectivity index (χ0) is 17.6. The smallest absolute Gasteiger partial charge is 0.338 e. The van der Waals surface area contributed by atoms with Crippen molar-refractivity contribution in [2.75, 3.05) is 13.1 Å². The summed E-state index contributed by atoms with van der Waals surface area (Å²) >= 11 is 0. The van der Waals surface area contributed by atoms with E-state index >= 15 is 0 Å². The second-order valence-corrected chi connectivity index (χ2v) is 7.59.